The number of hydrazone groups is 1. The lowest BCUT2D eigenvalue weighted by molar-refractivity contribution is -0.115. The van der Waals surface area contributed by atoms with Crippen molar-refractivity contribution in [1.82, 2.24) is 5.43 Å². The molecule has 114 valence electrons. The molecule has 0 aliphatic heterocycles. The fraction of sp³-hybridized carbons (Fsp3) is 0.133. The van der Waals surface area contributed by atoms with Crippen LogP contribution in [0.15, 0.2) is 56.7 Å². The van der Waals surface area contributed by atoms with Crippen LogP contribution in [0.25, 0.3) is 0 Å². The Morgan fingerprint density at radius 3 is 2.59 bits per heavy atom. The Hall–Kier alpha value is -2.41. The van der Waals surface area contributed by atoms with Crippen molar-refractivity contribution >= 4 is 39.1 Å². The van der Waals surface area contributed by atoms with Gasteiger partial charge in [-0.3, -0.25) is 9.59 Å². The Balaban J connectivity index is 1.84. The van der Waals surface area contributed by atoms with Crippen LogP contribution in [0.4, 0.5) is 5.69 Å². The average molecular weight is 364 g/mol. The lowest BCUT2D eigenvalue weighted by Gasteiger charge is -2.05. The van der Waals surface area contributed by atoms with Gasteiger partial charge in [-0.25, -0.2) is 5.43 Å². The van der Waals surface area contributed by atoms with Crippen molar-refractivity contribution in [3.63, 3.8) is 0 Å². The van der Waals surface area contributed by atoms with E-state index < -0.39 is 5.91 Å². The second-order valence-electron chi connectivity index (χ2n) is 4.50. The molecule has 0 fully saturated rings. The number of halogens is 1. The number of nitrogens with zero attached hydrogens (tertiary/aromatic N) is 1. The van der Waals surface area contributed by atoms with Crippen LogP contribution >= 0.6 is 15.9 Å². The zero-order chi connectivity index (χ0) is 15.9. The smallest absolute Gasteiger partial charge is 0.307 e. The summed E-state index contributed by atoms with van der Waals surface area (Å²) in [6, 6.07) is 10.4. The Kier molecular flexibility index (Phi) is 5.48. The summed E-state index contributed by atoms with van der Waals surface area (Å²) in [5, 5.41) is 6.61. The molecule has 0 aliphatic rings. The monoisotopic (exact) mass is 363 g/mol. The molecule has 0 saturated heterocycles. The van der Waals surface area contributed by atoms with Crippen LogP contribution in [0.1, 0.15) is 23.9 Å². The molecule has 0 aliphatic carbocycles. The van der Waals surface area contributed by atoms with E-state index in [-0.39, 0.29) is 18.1 Å². The molecule has 0 spiro atoms. The topological polar surface area (TPSA) is 83.7 Å². The van der Waals surface area contributed by atoms with Crippen molar-refractivity contribution in [2.75, 3.05) is 5.32 Å². The molecule has 0 bridgehead atoms. The highest BCUT2D eigenvalue weighted by atomic mass is 79.9. The number of rotatable bonds is 5. The first-order valence-corrected chi connectivity index (χ1v) is 7.26. The summed E-state index contributed by atoms with van der Waals surface area (Å²) in [7, 11) is 0. The van der Waals surface area contributed by atoms with Gasteiger partial charge in [-0.1, -0.05) is 15.9 Å². The third-order valence-corrected chi connectivity index (χ3v) is 3.17. The SMILES string of the molecule is CC(CC(=O)Nc1ccc(Br)cc1)=NNC(=O)c1ccco1. The van der Waals surface area contributed by atoms with Crippen LogP contribution in [0.5, 0.6) is 0 Å². The first-order chi connectivity index (χ1) is 10.5. The molecule has 6 nitrogen and oxygen atoms in total. The Morgan fingerprint density at radius 2 is 1.95 bits per heavy atom. The van der Waals surface area contributed by atoms with E-state index in [0.717, 1.165) is 4.47 Å². The maximum absolute atomic E-state index is 11.8. The first kappa shape index (κ1) is 16.0. The number of furan rings is 1. The molecule has 22 heavy (non-hydrogen) atoms. The van der Waals surface area contributed by atoms with Crippen LogP contribution < -0.4 is 10.7 Å². The minimum atomic E-state index is -0.460. The van der Waals surface area contributed by atoms with Gasteiger partial charge in [0.25, 0.3) is 0 Å². The van der Waals surface area contributed by atoms with Gasteiger partial charge >= 0.3 is 5.91 Å². The predicted molar refractivity (Wildman–Crippen MR) is 86.7 cm³/mol. The Bertz CT molecular complexity index is 679. The average Bonchev–Trinajstić information content (AvgIpc) is 3.01. The third-order valence-electron chi connectivity index (χ3n) is 2.64. The van der Waals surface area contributed by atoms with Crippen LogP contribution in [-0.4, -0.2) is 17.5 Å². The van der Waals surface area contributed by atoms with E-state index >= 15 is 0 Å². The lowest BCUT2D eigenvalue weighted by atomic mass is 10.2. The van der Waals surface area contributed by atoms with Gasteiger partial charge in [0, 0.05) is 15.9 Å². The zero-order valence-electron chi connectivity index (χ0n) is 11.8. The Morgan fingerprint density at radius 1 is 1.23 bits per heavy atom. The minimum Gasteiger partial charge on any atom is -0.459 e. The molecule has 2 amide bonds. The van der Waals surface area contributed by atoms with E-state index in [0.29, 0.717) is 11.4 Å². The highest BCUT2D eigenvalue weighted by Crippen LogP contribution is 2.14. The number of carbonyl (C=O) groups is 2. The number of anilines is 1. The van der Waals surface area contributed by atoms with Crippen LogP contribution in [0, 0.1) is 0 Å². The van der Waals surface area contributed by atoms with Gasteiger partial charge in [-0.2, -0.15) is 5.10 Å². The predicted octanol–water partition coefficient (Wildman–Crippen LogP) is 3.18. The van der Waals surface area contributed by atoms with Crippen LogP contribution in [-0.2, 0) is 4.79 Å². The number of benzene rings is 1. The molecule has 7 heteroatoms. The van der Waals surface area contributed by atoms with Crippen molar-refractivity contribution in [3.8, 4) is 0 Å². The highest BCUT2D eigenvalue weighted by Gasteiger charge is 2.08. The number of carbonyl (C=O) groups excluding carboxylic acids is 2. The highest BCUT2D eigenvalue weighted by molar-refractivity contribution is 9.10. The molecule has 1 aromatic carbocycles. The third kappa shape index (κ3) is 4.85. The van der Waals surface area contributed by atoms with Gasteiger partial charge in [0.1, 0.15) is 0 Å². The summed E-state index contributed by atoms with van der Waals surface area (Å²) in [6.07, 6.45) is 1.48. The largest absolute Gasteiger partial charge is 0.459 e. The number of nitrogens with one attached hydrogen (secondary N) is 2. The molecular formula is C15H14BrN3O3. The second-order valence-corrected chi connectivity index (χ2v) is 5.41. The van der Waals surface area contributed by atoms with Crippen molar-refractivity contribution in [1.29, 1.82) is 0 Å². The fourth-order valence-corrected chi connectivity index (χ4v) is 1.88. The maximum Gasteiger partial charge on any atom is 0.307 e. The van der Waals surface area contributed by atoms with Crippen molar-refractivity contribution < 1.29 is 14.0 Å². The lowest BCUT2D eigenvalue weighted by Crippen LogP contribution is -2.21. The van der Waals surface area contributed by atoms with Crippen LogP contribution in [0.2, 0.25) is 0 Å². The molecule has 2 N–H and O–H groups in total. The quantitative estimate of drug-likeness (QED) is 0.631. The molecule has 0 saturated carbocycles. The number of hydrogen-bond acceptors (Lipinski definition) is 4. The minimum absolute atomic E-state index is 0.0779. The molecule has 0 unspecified atom stereocenters. The van der Waals surface area contributed by atoms with Gasteiger partial charge in [-0.05, 0) is 43.3 Å². The fourth-order valence-electron chi connectivity index (χ4n) is 1.62. The molecule has 1 heterocycles. The van der Waals surface area contributed by atoms with Crippen LogP contribution in [0.3, 0.4) is 0 Å². The van der Waals surface area contributed by atoms with Crippen molar-refractivity contribution in [3.05, 3.63) is 52.9 Å². The van der Waals surface area contributed by atoms with Gasteiger partial charge in [0.05, 0.1) is 12.7 Å². The normalized spacial score (nSPS) is 11.1. The summed E-state index contributed by atoms with van der Waals surface area (Å²) >= 11 is 3.32. The van der Waals surface area contributed by atoms with E-state index in [1.54, 1.807) is 25.1 Å². The molecule has 0 radical (unpaired) electrons. The summed E-state index contributed by atoms with van der Waals surface area (Å²) in [4.78, 5) is 23.4. The van der Waals surface area contributed by atoms with Crippen molar-refractivity contribution in [2.45, 2.75) is 13.3 Å². The first-order valence-electron chi connectivity index (χ1n) is 6.47. The summed E-state index contributed by atoms with van der Waals surface area (Å²) in [5.74, 6) is -0.510. The van der Waals surface area contributed by atoms with Gasteiger partial charge in [0.2, 0.25) is 5.91 Å². The standard InChI is InChI=1S/C15H14BrN3O3/c1-10(18-19-15(21)13-3-2-8-22-13)9-14(20)17-12-6-4-11(16)5-7-12/h2-8H,9H2,1H3,(H,17,20)(H,19,21). The van der Waals surface area contributed by atoms with E-state index in [4.69, 9.17) is 4.42 Å². The molecule has 2 rings (SSSR count). The summed E-state index contributed by atoms with van der Waals surface area (Å²) in [6.45, 7) is 1.66. The number of amides is 2. The second kappa shape index (κ2) is 7.56. The molecule has 2 aromatic rings. The summed E-state index contributed by atoms with van der Waals surface area (Å²) in [5.41, 5.74) is 3.51. The van der Waals surface area contributed by atoms with E-state index in [9.17, 15) is 9.59 Å². The van der Waals surface area contributed by atoms with E-state index in [1.165, 1.54) is 12.3 Å². The Labute approximate surface area is 135 Å². The molecule has 1 aromatic heterocycles. The van der Waals surface area contributed by atoms with E-state index in [2.05, 4.69) is 31.8 Å². The van der Waals surface area contributed by atoms with Crippen molar-refractivity contribution in [2.24, 2.45) is 5.10 Å². The zero-order valence-corrected chi connectivity index (χ0v) is 13.4. The number of hydrogen-bond donors (Lipinski definition) is 2. The molecular weight excluding hydrogens is 350 g/mol. The maximum atomic E-state index is 11.8. The van der Waals surface area contributed by atoms with Gasteiger partial charge in [-0.15, -0.1) is 0 Å². The summed E-state index contributed by atoms with van der Waals surface area (Å²) < 4.78 is 5.87. The van der Waals surface area contributed by atoms with E-state index in [1.807, 2.05) is 12.1 Å². The molecule has 0 atom stereocenters. The van der Waals surface area contributed by atoms with Gasteiger partial charge < -0.3 is 9.73 Å². The van der Waals surface area contributed by atoms with Gasteiger partial charge in [0.15, 0.2) is 5.76 Å².